The first kappa shape index (κ1) is 20.8. The molecule has 0 spiro atoms. The lowest BCUT2D eigenvalue weighted by Crippen LogP contribution is -2.45. The zero-order valence-electron chi connectivity index (χ0n) is 17.4. The molecule has 1 aliphatic heterocycles. The number of likely N-dealkylation sites (tertiary alicyclic amines) is 1. The molecule has 1 aliphatic rings. The normalized spacial score (nSPS) is 15.2. The Morgan fingerprint density at radius 2 is 1.69 bits per heavy atom. The summed E-state index contributed by atoms with van der Waals surface area (Å²) < 4.78 is 1.64. The SMILES string of the molecule is CC(C)(C)C(=O)N1CCC(C(=O)Nc2ccc(Cn3ccccc3=O)cc2)CC1. The Morgan fingerprint density at radius 3 is 2.28 bits per heavy atom. The highest BCUT2D eigenvalue weighted by atomic mass is 16.2. The first-order valence-corrected chi connectivity index (χ1v) is 10.1. The van der Waals surface area contributed by atoms with Gasteiger partial charge in [-0.1, -0.05) is 39.0 Å². The number of carbonyl (C=O) groups excluding carboxylic acids is 2. The Bertz CT molecular complexity index is 917. The summed E-state index contributed by atoms with van der Waals surface area (Å²) in [4.78, 5) is 38.7. The lowest BCUT2D eigenvalue weighted by atomic mass is 9.90. The minimum Gasteiger partial charge on any atom is -0.342 e. The van der Waals surface area contributed by atoms with Gasteiger partial charge in [0.2, 0.25) is 11.8 Å². The third kappa shape index (κ3) is 5.34. The molecule has 1 fully saturated rings. The minimum atomic E-state index is -0.387. The molecule has 0 atom stereocenters. The van der Waals surface area contributed by atoms with Crippen LogP contribution in [0.4, 0.5) is 5.69 Å². The molecule has 2 amide bonds. The summed E-state index contributed by atoms with van der Waals surface area (Å²) in [5.74, 6) is 0.0611. The fourth-order valence-electron chi connectivity index (χ4n) is 3.54. The van der Waals surface area contributed by atoms with E-state index in [2.05, 4.69) is 5.32 Å². The van der Waals surface area contributed by atoms with E-state index in [0.29, 0.717) is 32.5 Å². The molecule has 0 unspecified atom stereocenters. The zero-order valence-corrected chi connectivity index (χ0v) is 17.4. The fourth-order valence-corrected chi connectivity index (χ4v) is 3.54. The molecule has 1 saturated heterocycles. The molecule has 6 heteroatoms. The van der Waals surface area contributed by atoms with E-state index in [1.807, 2.05) is 56.0 Å². The number of benzene rings is 1. The molecule has 1 aromatic carbocycles. The van der Waals surface area contributed by atoms with Gasteiger partial charge < -0.3 is 14.8 Å². The van der Waals surface area contributed by atoms with Crippen molar-refractivity contribution in [2.75, 3.05) is 18.4 Å². The van der Waals surface area contributed by atoms with Gasteiger partial charge in [-0.15, -0.1) is 0 Å². The first-order valence-electron chi connectivity index (χ1n) is 10.1. The summed E-state index contributed by atoms with van der Waals surface area (Å²) in [5, 5.41) is 2.98. The molecule has 1 aromatic heterocycles. The molecule has 0 aliphatic carbocycles. The van der Waals surface area contributed by atoms with Crippen LogP contribution in [0.3, 0.4) is 0 Å². The summed E-state index contributed by atoms with van der Waals surface area (Å²) in [6.45, 7) is 7.51. The summed E-state index contributed by atoms with van der Waals surface area (Å²) in [5.41, 5.74) is 1.31. The van der Waals surface area contributed by atoms with Crippen molar-refractivity contribution in [3.05, 3.63) is 64.6 Å². The third-order valence-electron chi connectivity index (χ3n) is 5.27. The van der Waals surface area contributed by atoms with E-state index >= 15 is 0 Å². The molecule has 6 nitrogen and oxygen atoms in total. The molecular formula is C23H29N3O3. The maximum Gasteiger partial charge on any atom is 0.250 e. The highest BCUT2D eigenvalue weighted by molar-refractivity contribution is 5.92. The highest BCUT2D eigenvalue weighted by Crippen LogP contribution is 2.24. The van der Waals surface area contributed by atoms with Crippen molar-refractivity contribution in [1.82, 2.24) is 9.47 Å². The van der Waals surface area contributed by atoms with Gasteiger partial charge in [-0.05, 0) is 36.6 Å². The van der Waals surface area contributed by atoms with Crippen LogP contribution in [0.15, 0.2) is 53.5 Å². The number of nitrogens with zero attached hydrogens (tertiary/aromatic N) is 2. The average molecular weight is 396 g/mol. The van der Waals surface area contributed by atoms with Crippen LogP contribution in [0.25, 0.3) is 0 Å². The van der Waals surface area contributed by atoms with Crippen LogP contribution in [0.5, 0.6) is 0 Å². The summed E-state index contributed by atoms with van der Waals surface area (Å²) in [7, 11) is 0. The van der Waals surface area contributed by atoms with Gasteiger partial charge in [0.1, 0.15) is 0 Å². The van der Waals surface area contributed by atoms with E-state index < -0.39 is 0 Å². The number of aromatic nitrogens is 1. The molecule has 2 heterocycles. The van der Waals surface area contributed by atoms with Crippen LogP contribution in [0.1, 0.15) is 39.2 Å². The Balaban J connectivity index is 1.53. The monoisotopic (exact) mass is 395 g/mol. The first-order chi connectivity index (χ1) is 13.7. The van der Waals surface area contributed by atoms with E-state index in [0.717, 1.165) is 11.3 Å². The predicted molar refractivity (Wildman–Crippen MR) is 114 cm³/mol. The number of pyridine rings is 1. The van der Waals surface area contributed by atoms with Gasteiger partial charge in [-0.2, -0.15) is 0 Å². The van der Waals surface area contributed by atoms with Crippen LogP contribution < -0.4 is 10.9 Å². The number of piperidine rings is 1. The van der Waals surface area contributed by atoms with Crippen LogP contribution in [0, 0.1) is 11.3 Å². The second-order valence-electron chi connectivity index (χ2n) is 8.67. The zero-order chi connectivity index (χ0) is 21.0. The number of hydrogen-bond acceptors (Lipinski definition) is 3. The quantitative estimate of drug-likeness (QED) is 0.865. The van der Waals surface area contributed by atoms with Crippen molar-refractivity contribution in [1.29, 1.82) is 0 Å². The Labute approximate surface area is 171 Å². The van der Waals surface area contributed by atoms with E-state index in [-0.39, 0.29) is 28.7 Å². The maximum absolute atomic E-state index is 12.6. The predicted octanol–water partition coefficient (Wildman–Crippen LogP) is 3.12. The topological polar surface area (TPSA) is 71.4 Å². The maximum atomic E-state index is 12.6. The van der Waals surface area contributed by atoms with Gasteiger partial charge in [-0.25, -0.2) is 0 Å². The van der Waals surface area contributed by atoms with Crippen molar-refractivity contribution in [3.63, 3.8) is 0 Å². The van der Waals surface area contributed by atoms with Gasteiger partial charge >= 0.3 is 0 Å². The lowest BCUT2D eigenvalue weighted by molar-refractivity contribution is -0.142. The highest BCUT2D eigenvalue weighted by Gasteiger charge is 2.32. The smallest absolute Gasteiger partial charge is 0.250 e. The number of rotatable bonds is 4. The third-order valence-corrected chi connectivity index (χ3v) is 5.27. The molecule has 1 N–H and O–H groups in total. The van der Waals surface area contributed by atoms with Gasteiger partial charge in [0.05, 0.1) is 6.54 Å². The Kier molecular flexibility index (Phi) is 6.20. The van der Waals surface area contributed by atoms with Gasteiger partial charge in [0.15, 0.2) is 0 Å². The lowest BCUT2D eigenvalue weighted by Gasteiger charge is -2.35. The second kappa shape index (κ2) is 8.64. The standard InChI is InChI=1S/C23H29N3O3/c1-23(2,3)22(29)25-14-11-18(12-15-25)21(28)24-19-9-7-17(8-10-19)16-26-13-5-4-6-20(26)27/h4-10,13,18H,11-12,14-16H2,1-3H3,(H,24,28). The largest absolute Gasteiger partial charge is 0.342 e. The fraction of sp³-hybridized carbons (Fsp3) is 0.435. The van der Waals surface area contributed by atoms with Crippen molar-refractivity contribution in [2.45, 2.75) is 40.2 Å². The van der Waals surface area contributed by atoms with Gasteiger partial charge in [0.25, 0.3) is 5.56 Å². The van der Waals surface area contributed by atoms with E-state index in [1.54, 1.807) is 16.8 Å². The van der Waals surface area contributed by atoms with Gasteiger partial charge in [0, 0.05) is 42.4 Å². The molecule has 154 valence electrons. The molecular weight excluding hydrogens is 366 g/mol. The van der Waals surface area contributed by atoms with Crippen molar-refractivity contribution in [2.24, 2.45) is 11.3 Å². The number of hydrogen-bond donors (Lipinski definition) is 1. The summed E-state index contributed by atoms with van der Waals surface area (Å²) >= 11 is 0. The average Bonchev–Trinajstić information content (AvgIpc) is 2.70. The van der Waals surface area contributed by atoms with E-state index in [4.69, 9.17) is 0 Å². The van der Waals surface area contributed by atoms with Crippen LogP contribution in [-0.2, 0) is 16.1 Å². The van der Waals surface area contributed by atoms with Crippen LogP contribution in [-0.4, -0.2) is 34.4 Å². The Hall–Kier alpha value is -2.89. The van der Waals surface area contributed by atoms with Crippen molar-refractivity contribution in [3.8, 4) is 0 Å². The van der Waals surface area contributed by atoms with E-state index in [1.165, 1.54) is 6.07 Å². The van der Waals surface area contributed by atoms with Gasteiger partial charge in [-0.3, -0.25) is 14.4 Å². The second-order valence-corrected chi connectivity index (χ2v) is 8.67. The minimum absolute atomic E-state index is 0.000105. The number of anilines is 1. The summed E-state index contributed by atoms with van der Waals surface area (Å²) in [6, 6.07) is 12.6. The van der Waals surface area contributed by atoms with Crippen LogP contribution in [0.2, 0.25) is 0 Å². The molecule has 0 radical (unpaired) electrons. The summed E-state index contributed by atoms with van der Waals surface area (Å²) in [6.07, 6.45) is 3.13. The molecule has 0 bridgehead atoms. The molecule has 2 aromatic rings. The number of amides is 2. The Morgan fingerprint density at radius 1 is 1.03 bits per heavy atom. The number of carbonyl (C=O) groups is 2. The number of nitrogens with one attached hydrogen (secondary N) is 1. The molecule has 29 heavy (non-hydrogen) atoms. The van der Waals surface area contributed by atoms with Crippen molar-refractivity contribution < 1.29 is 9.59 Å². The molecule has 3 rings (SSSR count). The van der Waals surface area contributed by atoms with Crippen molar-refractivity contribution >= 4 is 17.5 Å². The van der Waals surface area contributed by atoms with E-state index in [9.17, 15) is 14.4 Å². The van der Waals surface area contributed by atoms with Crippen LogP contribution >= 0.6 is 0 Å². The molecule has 0 saturated carbocycles.